The predicted octanol–water partition coefficient (Wildman–Crippen LogP) is 1.92. The van der Waals surface area contributed by atoms with Crippen LogP contribution in [0.3, 0.4) is 0 Å². The summed E-state index contributed by atoms with van der Waals surface area (Å²) in [4.78, 5) is 11.4. The molecule has 16 heavy (non-hydrogen) atoms. The minimum Gasteiger partial charge on any atom is -0.355 e. The first kappa shape index (κ1) is 10.7. The third-order valence-electron chi connectivity index (χ3n) is 2.42. The average Bonchev–Trinajstić information content (AvgIpc) is 2.61. The van der Waals surface area contributed by atoms with Crippen molar-refractivity contribution in [2.24, 2.45) is 0 Å². The van der Waals surface area contributed by atoms with Crippen molar-refractivity contribution in [3.8, 4) is 0 Å². The van der Waals surface area contributed by atoms with Gasteiger partial charge >= 0.3 is 0 Å². The number of nitrogens with one attached hydrogen (secondary N) is 1. The van der Waals surface area contributed by atoms with Crippen molar-refractivity contribution < 1.29 is 9.18 Å². The zero-order valence-electron chi connectivity index (χ0n) is 9.03. The highest BCUT2D eigenvalue weighted by atomic mass is 19.1. The molecule has 1 N–H and O–H groups in total. The average molecular weight is 220 g/mol. The van der Waals surface area contributed by atoms with Crippen LogP contribution in [-0.2, 0) is 11.3 Å². The van der Waals surface area contributed by atoms with Crippen molar-refractivity contribution in [2.45, 2.75) is 13.5 Å². The largest absolute Gasteiger partial charge is 0.355 e. The molecule has 0 saturated carbocycles. The Bertz CT molecular complexity index is 519. The summed E-state index contributed by atoms with van der Waals surface area (Å²) in [5.74, 6) is -0.354. The summed E-state index contributed by atoms with van der Waals surface area (Å²) in [6, 6.07) is 6.43. The van der Waals surface area contributed by atoms with Gasteiger partial charge in [0.2, 0.25) is 5.91 Å². The summed E-state index contributed by atoms with van der Waals surface area (Å²) in [5, 5.41) is 3.65. The molecule has 1 aromatic carbocycles. The van der Waals surface area contributed by atoms with Crippen molar-refractivity contribution in [1.82, 2.24) is 9.88 Å². The van der Waals surface area contributed by atoms with Gasteiger partial charge in [-0.1, -0.05) is 0 Å². The molecule has 0 aliphatic carbocycles. The fourth-order valence-electron chi connectivity index (χ4n) is 1.70. The Morgan fingerprint density at radius 2 is 2.25 bits per heavy atom. The Morgan fingerprint density at radius 1 is 1.44 bits per heavy atom. The fraction of sp³-hybridized carbons (Fsp3) is 0.250. The van der Waals surface area contributed by atoms with E-state index < -0.39 is 0 Å². The molecule has 1 heterocycles. The maximum Gasteiger partial charge on any atom is 0.239 e. The Hall–Kier alpha value is -1.84. The molecule has 1 amide bonds. The topological polar surface area (TPSA) is 34.0 Å². The lowest BCUT2D eigenvalue weighted by Gasteiger charge is -2.05. The van der Waals surface area contributed by atoms with Gasteiger partial charge in [-0.2, -0.15) is 0 Å². The maximum atomic E-state index is 13.1. The second-order valence-electron chi connectivity index (χ2n) is 3.60. The smallest absolute Gasteiger partial charge is 0.239 e. The van der Waals surface area contributed by atoms with Crippen LogP contribution in [0.15, 0.2) is 30.5 Å². The van der Waals surface area contributed by atoms with Crippen molar-refractivity contribution >= 4 is 16.8 Å². The highest BCUT2D eigenvalue weighted by molar-refractivity contribution is 5.83. The minimum atomic E-state index is -0.289. The van der Waals surface area contributed by atoms with E-state index in [1.807, 2.05) is 13.0 Å². The van der Waals surface area contributed by atoms with E-state index in [0.29, 0.717) is 6.54 Å². The highest BCUT2D eigenvalue weighted by Crippen LogP contribution is 2.16. The third-order valence-corrected chi connectivity index (χ3v) is 2.42. The standard InChI is InChI=1S/C12H13FN2O/c1-2-14-12(16)8-15-6-5-9-3-4-10(13)7-11(9)15/h3-7H,2,8H2,1H3,(H,14,16). The van der Waals surface area contributed by atoms with E-state index in [0.717, 1.165) is 10.9 Å². The lowest BCUT2D eigenvalue weighted by Crippen LogP contribution is -2.26. The highest BCUT2D eigenvalue weighted by Gasteiger charge is 2.05. The van der Waals surface area contributed by atoms with E-state index in [4.69, 9.17) is 0 Å². The summed E-state index contributed by atoms with van der Waals surface area (Å²) in [6.07, 6.45) is 1.79. The van der Waals surface area contributed by atoms with Gasteiger partial charge in [-0.05, 0) is 36.6 Å². The number of hydrogen-bond acceptors (Lipinski definition) is 1. The number of amides is 1. The maximum absolute atomic E-state index is 13.1. The van der Waals surface area contributed by atoms with Gasteiger partial charge in [0.15, 0.2) is 0 Å². The van der Waals surface area contributed by atoms with Crippen LogP contribution in [-0.4, -0.2) is 17.0 Å². The van der Waals surface area contributed by atoms with Gasteiger partial charge in [0.05, 0.1) is 5.52 Å². The number of nitrogens with zero attached hydrogens (tertiary/aromatic N) is 1. The SMILES string of the molecule is CCNC(=O)Cn1ccc2ccc(F)cc21. The fourth-order valence-corrected chi connectivity index (χ4v) is 1.70. The molecule has 2 aromatic rings. The van der Waals surface area contributed by atoms with Gasteiger partial charge in [0.25, 0.3) is 0 Å². The van der Waals surface area contributed by atoms with Gasteiger partial charge in [-0.15, -0.1) is 0 Å². The quantitative estimate of drug-likeness (QED) is 0.842. The summed E-state index contributed by atoms with van der Waals surface area (Å²) in [6.45, 7) is 2.69. The number of halogens is 1. The molecule has 0 bridgehead atoms. The second-order valence-corrected chi connectivity index (χ2v) is 3.60. The zero-order chi connectivity index (χ0) is 11.5. The molecule has 0 radical (unpaired) electrons. The van der Waals surface area contributed by atoms with Gasteiger partial charge in [-0.25, -0.2) is 4.39 Å². The minimum absolute atomic E-state index is 0.0655. The third kappa shape index (κ3) is 2.05. The number of aromatic nitrogens is 1. The second kappa shape index (κ2) is 4.35. The van der Waals surface area contributed by atoms with Gasteiger partial charge in [0, 0.05) is 12.7 Å². The normalized spacial score (nSPS) is 10.6. The Balaban J connectivity index is 2.30. The van der Waals surface area contributed by atoms with Crippen LogP contribution in [0, 0.1) is 5.82 Å². The van der Waals surface area contributed by atoms with E-state index >= 15 is 0 Å². The summed E-state index contributed by atoms with van der Waals surface area (Å²) in [7, 11) is 0. The number of benzene rings is 1. The molecule has 0 aliphatic rings. The van der Waals surface area contributed by atoms with E-state index in [9.17, 15) is 9.18 Å². The van der Waals surface area contributed by atoms with Crippen molar-refractivity contribution in [3.63, 3.8) is 0 Å². The van der Waals surface area contributed by atoms with Gasteiger partial charge < -0.3 is 9.88 Å². The predicted molar refractivity (Wildman–Crippen MR) is 60.6 cm³/mol. The zero-order valence-corrected chi connectivity index (χ0v) is 9.03. The molecular formula is C12H13FN2O. The number of rotatable bonds is 3. The summed E-state index contributed by atoms with van der Waals surface area (Å²) in [5.41, 5.74) is 0.742. The van der Waals surface area contributed by atoms with E-state index in [2.05, 4.69) is 5.32 Å². The Morgan fingerprint density at radius 3 is 3.00 bits per heavy atom. The van der Waals surface area contributed by atoms with Gasteiger partial charge in [-0.3, -0.25) is 4.79 Å². The molecule has 1 aromatic heterocycles. The molecule has 4 heteroatoms. The van der Waals surface area contributed by atoms with Crippen molar-refractivity contribution in [2.75, 3.05) is 6.54 Å². The Labute approximate surface area is 92.9 Å². The van der Waals surface area contributed by atoms with Crippen molar-refractivity contribution in [1.29, 1.82) is 0 Å². The molecule has 0 aliphatic heterocycles. The molecule has 0 atom stereocenters. The van der Waals surface area contributed by atoms with Crippen LogP contribution in [0.4, 0.5) is 4.39 Å². The number of fused-ring (bicyclic) bond motifs is 1. The lowest BCUT2D eigenvalue weighted by molar-refractivity contribution is -0.121. The first-order valence-corrected chi connectivity index (χ1v) is 5.22. The number of likely N-dealkylation sites (N-methyl/N-ethyl adjacent to an activating group) is 1. The molecule has 0 unspecified atom stereocenters. The van der Waals surface area contributed by atoms with Crippen LogP contribution < -0.4 is 5.32 Å². The van der Waals surface area contributed by atoms with E-state index in [1.165, 1.54) is 12.1 Å². The Kier molecular flexibility index (Phi) is 2.90. The molecule has 84 valence electrons. The first-order chi connectivity index (χ1) is 7.70. The summed E-state index contributed by atoms with van der Waals surface area (Å²) >= 11 is 0. The van der Waals surface area contributed by atoms with Gasteiger partial charge in [0.1, 0.15) is 12.4 Å². The molecule has 3 nitrogen and oxygen atoms in total. The lowest BCUT2D eigenvalue weighted by atomic mass is 10.2. The molecule has 0 saturated heterocycles. The summed E-state index contributed by atoms with van der Waals surface area (Å²) < 4.78 is 14.8. The molecule has 0 spiro atoms. The van der Waals surface area contributed by atoms with Crippen molar-refractivity contribution in [3.05, 3.63) is 36.3 Å². The molecular weight excluding hydrogens is 207 g/mol. The van der Waals surface area contributed by atoms with Crippen LogP contribution in [0.25, 0.3) is 10.9 Å². The number of carbonyl (C=O) groups excluding carboxylic acids is 1. The first-order valence-electron chi connectivity index (χ1n) is 5.22. The van der Waals surface area contributed by atoms with E-state index in [1.54, 1.807) is 16.8 Å². The number of hydrogen-bond donors (Lipinski definition) is 1. The molecule has 0 fully saturated rings. The van der Waals surface area contributed by atoms with Crippen LogP contribution in [0.1, 0.15) is 6.92 Å². The van der Waals surface area contributed by atoms with Crippen LogP contribution in [0.5, 0.6) is 0 Å². The monoisotopic (exact) mass is 220 g/mol. The number of carbonyl (C=O) groups is 1. The van der Waals surface area contributed by atoms with E-state index in [-0.39, 0.29) is 18.3 Å². The van der Waals surface area contributed by atoms with Crippen LogP contribution >= 0.6 is 0 Å². The van der Waals surface area contributed by atoms with Crippen LogP contribution in [0.2, 0.25) is 0 Å². The molecule has 2 rings (SSSR count).